The van der Waals surface area contributed by atoms with Crippen LogP contribution in [0.5, 0.6) is 11.5 Å². The summed E-state index contributed by atoms with van der Waals surface area (Å²) in [5.74, 6) is 1.22. The number of nitrogens with zero attached hydrogens (tertiary/aromatic N) is 1. The summed E-state index contributed by atoms with van der Waals surface area (Å²) in [5.41, 5.74) is 0.552. The first-order valence-corrected chi connectivity index (χ1v) is 5.60. The van der Waals surface area contributed by atoms with Crippen molar-refractivity contribution in [2.45, 2.75) is 13.2 Å². The zero-order valence-corrected chi connectivity index (χ0v) is 13.8. The molecule has 20 heavy (non-hydrogen) atoms. The van der Waals surface area contributed by atoms with E-state index < -0.39 is 6.61 Å². The lowest BCUT2D eigenvalue weighted by atomic mass is 10.2. The van der Waals surface area contributed by atoms with E-state index in [9.17, 15) is 8.78 Å². The van der Waals surface area contributed by atoms with Crippen LogP contribution in [-0.4, -0.2) is 33.8 Å². The summed E-state index contributed by atoms with van der Waals surface area (Å²) in [7, 11) is 4.82. The van der Waals surface area contributed by atoms with Gasteiger partial charge in [-0.1, -0.05) is 0 Å². The summed E-state index contributed by atoms with van der Waals surface area (Å²) in [6, 6.07) is 4.64. The van der Waals surface area contributed by atoms with E-state index in [-0.39, 0.29) is 36.3 Å². The molecule has 0 bridgehead atoms. The number of nitrogens with one attached hydrogen (secondary N) is 2. The number of rotatable bonds is 5. The predicted molar refractivity (Wildman–Crippen MR) is 84.3 cm³/mol. The van der Waals surface area contributed by atoms with Crippen molar-refractivity contribution in [1.29, 1.82) is 0 Å². The standard InChI is InChI=1S/C12H17F2N3O2.HI/c1-15-12(16-2)17-7-8-6-9(18-3)4-5-10(8)19-11(13)14;/h4-6,11H,7H2,1-3H3,(H2,15,16,17);1H. The Balaban J connectivity index is 0.00000361. The number of ether oxygens (including phenoxy) is 2. The summed E-state index contributed by atoms with van der Waals surface area (Å²) >= 11 is 0. The van der Waals surface area contributed by atoms with E-state index in [1.165, 1.54) is 13.2 Å². The fourth-order valence-electron chi connectivity index (χ4n) is 1.49. The lowest BCUT2D eigenvalue weighted by Crippen LogP contribution is -2.34. The Morgan fingerprint density at radius 2 is 2.10 bits per heavy atom. The second kappa shape index (κ2) is 9.56. The molecule has 0 heterocycles. The van der Waals surface area contributed by atoms with Crippen LogP contribution in [0.1, 0.15) is 5.56 Å². The molecule has 114 valence electrons. The largest absolute Gasteiger partial charge is 0.497 e. The normalized spacial score (nSPS) is 10.8. The number of hydrogen-bond acceptors (Lipinski definition) is 3. The van der Waals surface area contributed by atoms with Crippen LogP contribution in [0.25, 0.3) is 0 Å². The van der Waals surface area contributed by atoms with Crippen LogP contribution in [0, 0.1) is 0 Å². The van der Waals surface area contributed by atoms with Gasteiger partial charge in [0.2, 0.25) is 0 Å². The van der Waals surface area contributed by atoms with Gasteiger partial charge in [-0.25, -0.2) is 0 Å². The highest BCUT2D eigenvalue weighted by molar-refractivity contribution is 14.0. The monoisotopic (exact) mass is 401 g/mol. The Bertz CT molecular complexity index is 445. The van der Waals surface area contributed by atoms with Crippen molar-refractivity contribution in [3.05, 3.63) is 23.8 Å². The van der Waals surface area contributed by atoms with Gasteiger partial charge in [-0.05, 0) is 18.2 Å². The van der Waals surface area contributed by atoms with Crippen molar-refractivity contribution in [2.75, 3.05) is 21.2 Å². The zero-order valence-electron chi connectivity index (χ0n) is 11.4. The maximum atomic E-state index is 12.3. The maximum absolute atomic E-state index is 12.3. The maximum Gasteiger partial charge on any atom is 0.387 e. The molecule has 0 amide bonds. The number of aliphatic imine (C=N–C) groups is 1. The molecule has 0 fully saturated rings. The molecule has 2 N–H and O–H groups in total. The molecule has 0 radical (unpaired) electrons. The fourth-order valence-corrected chi connectivity index (χ4v) is 1.49. The van der Waals surface area contributed by atoms with Gasteiger partial charge in [-0.2, -0.15) is 8.78 Å². The minimum atomic E-state index is -2.87. The Morgan fingerprint density at radius 1 is 1.40 bits per heavy atom. The zero-order chi connectivity index (χ0) is 14.3. The van der Waals surface area contributed by atoms with Gasteiger partial charge >= 0.3 is 6.61 Å². The third-order valence-electron chi connectivity index (χ3n) is 2.39. The quantitative estimate of drug-likeness (QED) is 0.452. The van der Waals surface area contributed by atoms with Crippen LogP contribution >= 0.6 is 24.0 Å². The van der Waals surface area contributed by atoms with Gasteiger partial charge in [0.25, 0.3) is 0 Å². The predicted octanol–water partition coefficient (Wildman–Crippen LogP) is 2.21. The smallest absolute Gasteiger partial charge is 0.387 e. The van der Waals surface area contributed by atoms with Crippen LogP contribution in [0.15, 0.2) is 23.2 Å². The molecular weight excluding hydrogens is 383 g/mol. The molecule has 1 rings (SSSR count). The molecule has 1 aromatic carbocycles. The van der Waals surface area contributed by atoms with Crippen LogP contribution in [0.2, 0.25) is 0 Å². The van der Waals surface area contributed by atoms with Crippen LogP contribution in [-0.2, 0) is 6.54 Å². The van der Waals surface area contributed by atoms with Gasteiger partial charge in [0, 0.05) is 26.2 Å². The summed E-state index contributed by atoms with van der Waals surface area (Å²) in [6.45, 7) is -2.58. The lowest BCUT2D eigenvalue weighted by Gasteiger charge is -2.14. The fraction of sp³-hybridized carbons (Fsp3) is 0.417. The minimum Gasteiger partial charge on any atom is -0.497 e. The minimum absolute atomic E-state index is 0. The molecular formula is C12H18F2IN3O2. The van der Waals surface area contributed by atoms with Crippen LogP contribution < -0.4 is 20.1 Å². The highest BCUT2D eigenvalue weighted by Crippen LogP contribution is 2.25. The summed E-state index contributed by atoms with van der Waals surface area (Å²) in [5, 5.41) is 5.79. The van der Waals surface area contributed by atoms with Crippen molar-refractivity contribution >= 4 is 29.9 Å². The Kier molecular flexibility index (Phi) is 8.93. The third-order valence-corrected chi connectivity index (χ3v) is 2.39. The lowest BCUT2D eigenvalue weighted by molar-refractivity contribution is -0.0504. The Labute approximate surface area is 133 Å². The molecule has 0 aliphatic rings. The molecule has 0 saturated heterocycles. The van der Waals surface area contributed by atoms with Crippen molar-refractivity contribution in [2.24, 2.45) is 4.99 Å². The number of alkyl halides is 2. The first-order valence-electron chi connectivity index (χ1n) is 5.60. The van der Waals surface area contributed by atoms with E-state index in [0.29, 0.717) is 17.3 Å². The van der Waals surface area contributed by atoms with Crippen molar-refractivity contribution in [3.63, 3.8) is 0 Å². The first-order chi connectivity index (χ1) is 9.10. The average Bonchev–Trinajstić information content (AvgIpc) is 2.40. The van der Waals surface area contributed by atoms with Gasteiger partial charge < -0.3 is 20.1 Å². The van der Waals surface area contributed by atoms with E-state index >= 15 is 0 Å². The van der Waals surface area contributed by atoms with Gasteiger partial charge in [0.05, 0.1) is 7.11 Å². The highest BCUT2D eigenvalue weighted by atomic mass is 127. The average molecular weight is 401 g/mol. The molecule has 1 aromatic rings. The molecule has 0 aliphatic carbocycles. The number of hydrogen-bond donors (Lipinski definition) is 2. The third kappa shape index (κ3) is 5.76. The molecule has 0 aliphatic heterocycles. The molecule has 0 spiro atoms. The van der Waals surface area contributed by atoms with E-state index in [0.717, 1.165) is 0 Å². The molecule has 8 heteroatoms. The first kappa shape index (κ1) is 18.7. The molecule has 0 atom stereocenters. The number of guanidine groups is 1. The molecule has 0 saturated carbocycles. The molecule has 5 nitrogen and oxygen atoms in total. The van der Waals surface area contributed by atoms with Gasteiger partial charge in [0.15, 0.2) is 5.96 Å². The van der Waals surface area contributed by atoms with Crippen molar-refractivity contribution < 1.29 is 18.3 Å². The van der Waals surface area contributed by atoms with Gasteiger partial charge in [-0.15, -0.1) is 24.0 Å². The van der Waals surface area contributed by atoms with E-state index in [2.05, 4.69) is 20.4 Å². The highest BCUT2D eigenvalue weighted by Gasteiger charge is 2.11. The second-order valence-electron chi connectivity index (χ2n) is 3.53. The number of methoxy groups -OCH3 is 1. The van der Waals surface area contributed by atoms with Crippen molar-refractivity contribution in [1.82, 2.24) is 10.6 Å². The van der Waals surface area contributed by atoms with Crippen molar-refractivity contribution in [3.8, 4) is 11.5 Å². The molecule has 0 unspecified atom stereocenters. The van der Waals surface area contributed by atoms with E-state index in [4.69, 9.17) is 4.74 Å². The van der Waals surface area contributed by atoms with Gasteiger partial charge in [-0.3, -0.25) is 4.99 Å². The summed E-state index contributed by atoms with van der Waals surface area (Å²) in [4.78, 5) is 3.93. The Hall–Kier alpha value is -1.32. The van der Waals surface area contributed by atoms with Crippen LogP contribution in [0.4, 0.5) is 8.78 Å². The number of halogens is 3. The number of benzene rings is 1. The summed E-state index contributed by atoms with van der Waals surface area (Å²) in [6.07, 6.45) is 0. The van der Waals surface area contributed by atoms with E-state index in [1.54, 1.807) is 26.2 Å². The van der Waals surface area contributed by atoms with Crippen LogP contribution in [0.3, 0.4) is 0 Å². The SMILES string of the molecule is CN=C(NC)NCc1cc(OC)ccc1OC(F)F.I. The second-order valence-corrected chi connectivity index (χ2v) is 3.53. The summed E-state index contributed by atoms with van der Waals surface area (Å²) < 4.78 is 34.1. The van der Waals surface area contributed by atoms with Gasteiger partial charge in [0.1, 0.15) is 11.5 Å². The van der Waals surface area contributed by atoms with E-state index in [1.807, 2.05) is 0 Å². The Morgan fingerprint density at radius 3 is 2.60 bits per heavy atom. The topological polar surface area (TPSA) is 54.9 Å². The molecule has 0 aromatic heterocycles.